The third kappa shape index (κ3) is 5.75. The largest absolute Gasteiger partial charge is 0.309 e. The minimum absolute atomic E-state index is 0.383. The van der Waals surface area contributed by atoms with Gasteiger partial charge in [0.25, 0.3) is 6.43 Å². The van der Waals surface area contributed by atoms with E-state index in [2.05, 4.69) is 11.9 Å². The molecule has 0 fully saturated rings. The van der Waals surface area contributed by atoms with Gasteiger partial charge in [0.2, 0.25) is 0 Å². The van der Waals surface area contributed by atoms with E-state index in [4.69, 9.17) is 0 Å². The second-order valence-electron chi connectivity index (χ2n) is 3.20. The molecule has 0 spiro atoms. The van der Waals surface area contributed by atoms with Crippen LogP contribution >= 0.6 is 0 Å². The molecule has 0 radical (unpaired) electrons. The van der Waals surface area contributed by atoms with Crippen LogP contribution in [0.4, 0.5) is 8.78 Å². The van der Waals surface area contributed by atoms with Crippen molar-refractivity contribution < 1.29 is 8.78 Å². The molecule has 78 valence electrons. The monoisotopic (exact) mass is 191 g/mol. The lowest BCUT2D eigenvalue weighted by atomic mass is 10.1. The van der Waals surface area contributed by atoms with Crippen LogP contribution in [-0.2, 0) is 0 Å². The molecule has 0 aromatic rings. The lowest BCUT2D eigenvalue weighted by Gasteiger charge is -2.18. The van der Waals surface area contributed by atoms with Crippen LogP contribution in [0.5, 0.6) is 0 Å². The summed E-state index contributed by atoms with van der Waals surface area (Å²) in [5.41, 5.74) is 0.883. The van der Waals surface area contributed by atoms with E-state index in [1.54, 1.807) is 0 Å². The van der Waals surface area contributed by atoms with Gasteiger partial charge < -0.3 is 5.32 Å². The fraction of sp³-hybridized carbons (Fsp3) is 0.800. The van der Waals surface area contributed by atoms with Gasteiger partial charge in [-0.1, -0.05) is 26.0 Å². The molecule has 0 saturated carbocycles. The van der Waals surface area contributed by atoms with Crippen LogP contribution in [0.15, 0.2) is 12.2 Å². The van der Waals surface area contributed by atoms with Crippen molar-refractivity contribution in [3.63, 3.8) is 0 Å². The average molecular weight is 191 g/mol. The van der Waals surface area contributed by atoms with Crippen molar-refractivity contribution in [1.29, 1.82) is 0 Å². The van der Waals surface area contributed by atoms with E-state index in [0.717, 1.165) is 18.4 Å². The molecule has 3 heteroatoms. The quantitative estimate of drug-likeness (QED) is 0.610. The molecule has 0 aromatic carbocycles. The predicted molar refractivity (Wildman–Crippen MR) is 52.1 cm³/mol. The second kappa shape index (κ2) is 7.01. The molecule has 0 rings (SSSR count). The Bertz CT molecular complexity index is 146. The summed E-state index contributed by atoms with van der Waals surface area (Å²) in [6, 6.07) is -0.715. The molecule has 0 aliphatic rings. The topological polar surface area (TPSA) is 12.0 Å². The standard InChI is InChI=1S/C10H19F2N/c1-4-6-13-9(10(11)12)7-8(3)5-2/h9-10,13H,3-7H2,1-2H3. The molecule has 1 nitrogen and oxygen atoms in total. The van der Waals surface area contributed by atoms with E-state index in [-0.39, 0.29) is 0 Å². The zero-order chi connectivity index (χ0) is 10.3. The highest BCUT2D eigenvalue weighted by molar-refractivity contribution is 4.97. The second-order valence-corrected chi connectivity index (χ2v) is 3.20. The van der Waals surface area contributed by atoms with E-state index in [1.165, 1.54) is 0 Å². The summed E-state index contributed by atoms with van der Waals surface area (Å²) in [4.78, 5) is 0. The van der Waals surface area contributed by atoms with Gasteiger partial charge in [0.15, 0.2) is 0 Å². The minimum atomic E-state index is -2.30. The molecule has 0 bridgehead atoms. The number of hydrogen-bond acceptors (Lipinski definition) is 1. The van der Waals surface area contributed by atoms with Crippen LogP contribution in [0.1, 0.15) is 33.1 Å². The molecule has 0 aliphatic carbocycles. The lowest BCUT2D eigenvalue weighted by molar-refractivity contribution is 0.0980. The summed E-state index contributed by atoms with van der Waals surface area (Å²) >= 11 is 0. The first-order valence-electron chi connectivity index (χ1n) is 4.80. The maximum Gasteiger partial charge on any atom is 0.253 e. The molecule has 1 atom stereocenters. The normalized spacial score (nSPS) is 13.3. The average Bonchev–Trinajstić information content (AvgIpc) is 2.11. The molecule has 13 heavy (non-hydrogen) atoms. The van der Waals surface area contributed by atoms with Gasteiger partial charge >= 0.3 is 0 Å². The third-order valence-corrected chi connectivity index (χ3v) is 1.97. The molecule has 0 aliphatic heterocycles. The first kappa shape index (κ1) is 12.6. The van der Waals surface area contributed by atoms with Gasteiger partial charge in [-0.25, -0.2) is 8.78 Å². The molecule has 1 unspecified atom stereocenters. The Morgan fingerprint density at radius 3 is 2.38 bits per heavy atom. The van der Waals surface area contributed by atoms with Crippen LogP contribution in [0.2, 0.25) is 0 Å². The summed E-state index contributed by atoms with van der Waals surface area (Å²) in [6.07, 6.45) is -0.262. The zero-order valence-corrected chi connectivity index (χ0v) is 8.45. The fourth-order valence-corrected chi connectivity index (χ4v) is 1.04. The van der Waals surface area contributed by atoms with Crippen molar-refractivity contribution >= 4 is 0 Å². The van der Waals surface area contributed by atoms with Crippen molar-refractivity contribution in [2.75, 3.05) is 6.54 Å². The highest BCUT2D eigenvalue weighted by Crippen LogP contribution is 2.13. The number of alkyl halides is 2. The number of hydrogen-bond donors (Lipinski definition) is 1. The van der Waals surface area contributed by atoms with Gasteiger partial charge in [-0.05, 0) is 25.8 Å². The Balaban J connectivity index is 3.87. The van der Waals surface area contributed by atoms with Crippen molar-refractivity contribution in [1.82, 2.24) is 5.32 Å². The molecule has 0 amide bonds. The van der Waals surface area contributed by atoms with E-state index in [9.17, 15) is 8.78 Å². The lowest BCUT2D eigenvalue weighted by Crippen LogP contribution is -2.36. The van der Waals surface area contributed by atoms with Crippen molar-refractivity contribution in [3.8, 4) is 0 Å². The minimum Gasteiger partial charge on any atom is -0.309 e. The first-order valence-corrected chi connectivity index (χ1v) is 4.80. The van der Waals surface area contributed by atoms with Crippen LogP contribution in [0.25, 0.3) is 0 Å². The Morgan fingerprint density at radius 1 is 1.38 bits per heavy atom. The Hall–Kier alpha value is -0.440. The molecule has 0 aromatic heterocycles. The van der Waals surface area contributed by atoms with Gasteiger partial charge in [-0.15, -0.1) is 0 Å². The van der Waals surface area contributed by atoms with E-state index in [1.807, 2.05) is 13.8 Å². The predicted octanol–water partition coefficient (Wildman–Crippen LogP) is 2.98. The smallest absolute Gasteiger partial charge is 0.253 e. The molecule has 0 saturated heterocycles. The first-order chi connectivity index (χ1) is 6.11. The fourth-order valence-electron chi connectivity index (χ4n) is 1.04. The van der Waals surface area contributed by atoms with E-state index < -0.39 is 12.5 Å². The number of halogens is 2. The maximum absolute atomic E-state index is 12.4. The van der Waals surface area contributed by atoms with Gasteiger partial charge in [0.05, 0.1) is 6.04 Å². The van der Waals surface area contributed by atoms with E-state index in [0.29, 0.717) is 13.0 Å². The van der Waals surface area contributed by atoms with Crippen LogP contribution in [0, 0.1) is 0 Å². The maximum atomic E-state index is 12.4. The van der Waals surface area contributed by atoms with Crippen molar-refractivity contribution in [3.05, 3.63) is 12.2 Å². The SMILES string of the molecule is C=C(CC)CC(NCCC)C(F)F. The number of rotatable bonds is 7. The van der Waals surface area contributed by atoms with Crippen LogP contribution in [0.3, 0.4) is 0 Å². The van der Waals surface area contributed by atoms with E-state index >= 15 is 0 Å². The highest BCUT2D eigenvalue weighted by atomic mass is 19.3. The van der Waals surface area contributed by atoms with Gasteiger partial charge in [-0.3, -0.25) is 0 Å². The summed E-state index contributed by atoms with van der Waals surface area (Å²) in [5, 5.41) is 2.82. The molecular formula is C10H19F2N. The van der Waals surface area contributed by atoms with Gasteiger partial charge in [-0.2, -0.15) is 0 Å². The van der Waals surface area contributed by atoms with Gasteiger partial charge in [0, 0.05) is 0 Å². The molecule has 0 heterocycles. The zero-order valence-electron chi connectivity index (χ0n) is 8.45. The summed E-state index contributed by atoms with van der Waals surface area (Å²) in [7, 11) is 0. The van der Waals surface area contributed by atoms with Crippen LogP contribution in [-0.4, -0.2) is 19.0 Å². The van der Waals surface area contributed by atoms with Gasteiger partial charge in [0.1, 0.15) is 0 Å². The van der Waals surface area contributed by atoms with Crippen molar-refractivity contribution in [2.45, 2.75) is 45.6 Å². The highest BCUT2D eigenvalue weighted by Gasteiger charge is 2.19. The summed E-state index contributed by atoms with van der Waals surface area (Å²) in [5.74, 6) is 0. The van der Waals surface area contributed by atoms with Crippen LogP contribution < -0.4 is 5.32 Å². The number of nitrogens with one attached hydrogen (secondary N) is 1. The Morgan fingerprint density at radius 2 is 2.00 bits per heavy atom. The van der Waals surface area contributed by atoms with Crippen molar-refractivity contribution in [2.24, 2.45) is 0 Å². The Kier molecular flexibility index (Phi) is 6.77. The Labute approximate surface area is 79.2 Å². The molecular weight excluding hydrogens is 172 g/mol. The summed E-state index contributed by atoms with van der Waals surface area (Å²) < 4.78 is 24.8. The summed E-state index contributed by atoms with van der Waals surface area (Å²) in [6.45, 7) is 8.27. The third-order valence-electron chi connectivity index (χ3n) is 1.97. The molecule has 1 N–H and O–H groups in total.